The van der Waals surface area contributed by atoms with Crippen LogP contribution < -0.4 is 15.4 Å². The van der Waals surface area contributed by atoms with E-state index in [4.69, 9.17) is 32.9 Å². The van der Waals surface area contributed by atoms with Crippen LogP contribution in [0.3, 0.4) is 0 Å². The van der Waals surface area contributed by atoms with Crippen molar-refractivity contribution in [2.75, 3.05) is 19.9 Å². The van der Waals surface area contributed by atoms with Crippen molar-refractivity contribution in [2.24, 2.45) is 4.99 Å². The van der Waals surface area contributed by atoms with E-state index in [1.54, 1.807) is 12.1 Å². The Morgan fingerprint density at radius 2 is 1.90 bits per heavy atom. The van der Waals surface area contributed by atoms with Crippen molar-refractivity contribution in [3.8, 4) is 5.75 Å². The highest BCUT2D eigenvalue weighted by molar-refractivity contribution is 8.00. The average Bonchev–Trinajstić information content (AvgIpc) is 2.76. The molecule has 164 valence electrons. The molecule has 1 atom stereocenters. The first kappa shape index (κ1) is 23.5. The van der Waals surface area contributed by atoms with Crippen molar-refractivity contribution < 1.29 is 9.53 Å². The molecule has 0 radical (unpaired) electrons. The van der Waals surface area contributed by atoms with Crippen LogP contribution >= 0.6 is 35.0 Å². The van der Waals surface area contributed by atoms with Crippen LogP contribution in [-0.4, -0.2) is 36.5 Å². The van der Waals surface area contributed by atoms with E-state index in [1.165, 1.54) is 24.4 Å². The number of aryl methyl sites for hydroxylation is 1. The topological polar surface area (TPSA) is 62.7 Å². The summed E-state index contributed by atoms with van der Waals surface area (Å²) in [7, 11) is 1.51. The molecule has 0 saturated heterocycles. The first-order valence-electron chi connectivity index (χ1n) is 9.85. The zero-order valence-corrected chi connectivity index (χ0v) is 20.0. The van der Waals surface area contributed by atoms with Crippen LogP contribution in [0.25, 0.3) is 0 Å². The molecule has 0 aliphatic carbocycles. The number of thioether (sulfide) groups is 1. The lowest BCUT2D eigenvalue weighted by Gasteiger charge is -2.32. The maximum absolute atomic E-state index is 13.1. The monoisotopic (exact) mass is 477 g/mol. The largest absolute Gasteiger partial charge is 0.494 e. The van der Waals surface area contributed by atoms with Gasteiger partial charge >= 0.3 is 0 Å². The van der Waals surface area contributed by atoms with E-state index in [1.807, 2.05) is 37.5 Å². The summed E-state index contributed by atoms with van der Waals surface area (Å²) in [5.74, 6) is 0.221. The number of carbonyl (C=O) groups is 1. The van der Waals surface area contributed by atoms with Crippen LogP contribution in [0, 0.1) is 0 Å². The first-order chi connectivity index (χ1) is 14.9. The fraction of sp³-hybridized carbons (Fsp3) is 0.304. The lowest BCUT2D eigenvalue weighted by atomic mass is 10.1. The number of halogens is 2. The predicted molar refractivity (Wildman–Crippen MR) is 130 cm³/mol. The van der Waals surface area contributed by atoms with Gasteiger partial charge in [-0.1, -0.05) is 53.5 Å². The number of carbonyl (C=O) groups excluding carboxylic acids is 1. The molecular formula is C23H25Cl2N3O2S. The molecule has 0 fully saturated rings. The highest BCUT2D eigenvalue weighted by atomic mass is 35.5. The van der Waals surface area contributed by atoms with Gasteiger partial charge in [-0.05, 0) is 49.8 Å². The van der Waals surface area contributed by atoms with E-state index in [0.717, 1.165) is 18.5 Å². The maximum Gasteiger partial charge on any atom is 0.279 e. The molecule has 1 aliphatic heterocycles. The maximum atomic E-state index is 13.1. The van der Waals surface area contributed by atoms with Crippen LogP contribution in [0.1, 0.15) is 24.5 Å². The fourth-order valence-electron chi connectivity index (χ4n) is 3.34. The SMILES string of the molecule is COc1c(Cl)cc(C2=NC(SC)(C(=O)NCCCc3ccccc3)NC(C)=C2)cc1Cl. The van der Waals surface area contributed by atoms with Gasteiger partial charge in [0.1, 0.15) is 0 Å². The Kier molecular flexibility index (Phi) is 7.92. The normalized spacial score (nSPS) is 18.0. The Morgan fingerprint density at radius 1 is 1.23 bits per heavy atom. The number of nitrogens with zero attached hydrogens (tertiary/aromatic N) is 1. The van der Waals surface area contributed by atoms with Crippen LogP contribution in [-0.2, 0) is 11.2 Å². The molecule has 0 spiro atoms. The standard InChI is InChI=1S/C23H25Cl2N3O2S/c1-15-12-20(17-13-18(24)21(30-2)19(25)14-17)28-23(27-15,31-3)22(29)26-11-7-10-16-8-5-4-6-9-16/h4-6,8-9,12-14,27H,7,10-11H2,1-3H3,(H,26,29). The van der Waals surface area contributed by atoms with Crippen LogP contribution in [0.15, 0.2) is 59.2 Å². The Balaban J connectivity index is 1.77. The number of methoxy groups -OCH3 is 1. The third-order valence-corrected chi connectivity index (χ3v) is 6.40. The summed E-state index contributed by atoms with van der Waals surface area (Å²) in [6, 6.07) is 13.7. The summed E-state index contributed by atoms with van der Waals surface area (Å²) in [5, 5.41) is 7.02. The lowest BCUT2D eigenvalue weighted by Crippen LogP contribution is -2.54. The highest BCUT2D eigenvalue weighted by Crippen LogP contribution is 2.35. The minimum absolute atomic E-state index is 0.191. The molecule has 8 heteroatoms. The molecule has 0 aromatic heterocycles. The number of allylic oxidation sites excluding steroid dienone is 2. The van der Waals surface area contributed by atoms with Gasteiger partial charge in [-0.15, -0.1) is 11.8 Å². The molecule has 1 aliphatic rings. The summed E-state index contributed by atoms with van der Waals surface area (Å²) in [6.45, 7) is 2.46. The molecule has 2 aromatic rings. The summed E-state index contributed by atoms with van der Waals surface area (Å²) >= 11 is 13.9. The molecule has 31 heavy (non-hydrogen) atoms. The zero-order chi connectivity index (χ0) is 22.4. The van der Waals surface area contributed by atoms with E-state index in [0.29, 0.717) is 33.6 Å². The lowest BCUT2D eigenvalue weighted by molar-refractivity contribution is -0.123. The Bertz CT molecular complexity index is 988. The van der Waals surface area contributed by atoms with Gasteiger partial charge in [-0.25, -0.2) is 4.99 Å². The van der Waals surface area contributed by atoms with E-state index >= 15 is 0 Å². The van der Waals surface area contributed by atoms with Gasteiger partial charge in [0, 0.05) is 17.8 Å². The molecule has 1 unspecified atom stereocenters. The van der Waals surface area contributed by atoms with Gasteiger partial charge in [0.05, 0.1) is 22.9 Å². The van der Waals surface area contributed by atoms with Gasteiger partial charge in [0.25, 0.3) is 10.9 Å². The smallest absolute Gasteiger partial charge is 0.279 e. The minimum Gasteiger partial charge on any atom is -0.494 e. The van der Waals surface area contributed by atoms with E-state index in [2.05, 4.69) is 22.8 Å². The zero-order valence-electron chi connectivity index (χ0n) is 17.7. The molecule has 0 saturated carbocycles. The number of aliphatic imine (C=N–C) groups is 1. The van der Waals surface area contributed by atoms with Crippen molar-refractivity contribution in [1.82, 2.24) is 10.6 Å². The number of hydrogen-bond donors (Lipinski definition) is 2. The van der Waals surface area contributed by atoms with Crippen molar-refractivity contribution >= 4 is 46.6 Å². The van der Waals surface area contributed by atoms with Crippen molar-refractivity contribution in [3.05, 3.63) is 75.4 Å². The van der Waals surface area contributed by atoms with E-state index in [-0.39, 0.29) is 5.91 Å². The fourth-order valence-corrected chi connectivity index (χ4v) is 4.70. The van der Waals surface area contributed by atoms with E-state index < -0.39 is 4.99 Å². The second-order valence-corrected chi connectivity index (χ2v) is 8.93. The van der Waals surface area contributed by atoms with Gasteiger partial charge in [0.15, 0.2) is 5.75 Å². The van der Waals surface area contributed by atoms with Gasteiger partial charge < -0.3 is 15.4 Å². The average molecular weight is 478 g/mol. The number of amides is 1. The second-order valence-electron chi connectivity index (χ2n) is 7.12. The number of ether oxygens (including phenoxy) is 1. The molecule has 3 rings (SSSR count). The quantitative estimate of drug-likeness (QED) is 0.521. The molecule has 0 bridgehead atoms. The summed E-state index contributed by atoms with van der Waals surface area (Å²) in [4.78, 5) is 16.7. The summed E-state index contributed by atoms with van der Waals surface area (Å²) < 4.78 is 5.23. The van der Waals surface area contributed by atoms with Gasteiger partial charge in [0.2, 0.25) is 0 Å². The molecule has 2 aromatic carbocycles. The van der Waals surface area contributed by atoms with Crippen molar-refractivity contribution in [1.29, 1.82) is 0 Å². The third-order valence-electron chi connectivity index (χ3n) is 4.87. The van der Waals surface area contributed by atoms with E-state index in [9.17, 15) is 4.79 Å². The Labute approximate surface area is 197 Å². The highest BCUT2D eigenvalue weighted by Gasteiger charge is 2.39. The van der Waals surface area contributed by atoms with Gasteiger partial charge in [-0.2, -0.15) is 0 Å². The van der Waals surface area contributed by atoms with Crippen molar-refractivity contribution in [3.63, 3.8) is 0 Å². The predicted octanol–water partition coefficient (Wildman–Crippen LogP) is 5.06. The molecule has 5 nitrogen and oxygen atoms in total. The number of hydrogen-bond acceptors (Lipinski definition) is 5. The number of benzene rings is 2. The van der Waals surface area contributed by atoms with Gasteiger partial charge in [-0.3, -0.25) is 4.79 Å². The number of nitrogens with one attached hydrogen (secondary N) is 2. The second kappa shape index (κ2) is 10.4. The van der Waals surface area contributed by atoms with Crippen LogP contribution in [0.2, 0.25) is 10.0 Å². The Hall–Kier alpha value is -2.15. The van der Waals surface area contributed by atoms with Crippen molar-refractivity contribution in [2.45, 2.75) is 24.8 Å². The first-order valence-corrected chi connectivity index (χ1v) is 11.8. The van der Waals surface area contributed by atoms with Crippen LogP contribution in [0.5, 0.6) is 5.75 Å². The minimum atomic E-state index is -1.17. The molecule has 1 amide bonds. The number of rotatable bonds is 8. The molecule has 1 heterocycles. The molecular weight excluding hydrogens is 453 g/mol. The Morgan fingerprint density at radius 3 is 2.52 bits per heavy atom. The third kappa shape index (κ3) is 5.56. The summed E-state index contributed by atoms with van der Waals surface area (Å²) in [6.07, 6.45) is 5.46. The molecule has 2 N–H and O–H groups in total. The van der Waals surface area contributed by atoms with Crippen LogP contribution in [0.4, 0.5) is 0 Å². The summed E-state index contributed by atoms with van der Waals surface area (Å²) in [5.41, 5.74) is 3.41.